The van der Waals surface area contributed by atoms with Crippen molar-refractivity contribution in [2.45, 2.75) is 6.61 Å². The number of nitrogens with zero attached hydrogens (tertiary/aromatic N) is 1. The first kappa shape index (κ1) is 19.7. The van der Waals surface area contributed by atoms with Crippen molar-refractivity contribution in [3.63, 3.8) is 0 Å². The van der Waals surface area contributed by atoms with E-state index in [1.807, 2.05) is 60.7 Å². The van der Waals surface area contributed by atoms with E-state index in [-0.39, 0.29) is 11.6 Å². The van der Waals surface area contributed by atoms with Gasteiger partial charge in [0.25, 0.3) is 0 Å². The molecule has 0 saturated carbocycles. The molecule has 0 aromatic heterocycles. The van der Waals surface area contributed by atoms with E-state index < -0.39 is 5.97 Å². The van der Waals surface area contributed by atoms with Gasteiger partial charge in [0.2, 0.25) is 5.90 Å². The highest BCUT2D eigenvalue weighted by atomic mass is 35.5. The Morgan fingerprint density at radius 1 is 1.03 bits per heavy atom. The Morgan fingerprint density at radius 3 is 2.63 bits per heavy atom. The summed E-state index contributed by atoms with van der Waals surface area (Å²) < 4.78 is 16.5. The average molecular weight is 420 g/mol. The molecule has 0 atom stereocenters. The first-order valence-corrected chi connectivity index (χ1v) is 9.63. The van der Waals surface area contributed by atoms with Gasteiger partial charge in [-0.2, -0.15) is 0 Å². The van der Waals surface area contributed by atoms with Gasteiger partial charge in [-0.15, -0.1) is 0 Å². The second-order valence-corrected chi connectivity index (χ2v) is 6.96. The van der Waals surface area contributed by atoms with Crippen molar-refractivity contribution in [1.82, 2.24) is 0 Å². The second-order valence-electron chi connectivity index (χ2n) is 6.52. The van der Waals surface area contributed by atoms with Gasteiger partial charge in [-0.1, -0.05) is 48.0 Å². The summed E-state index contributed by atoms with van der Waals surface area (Å²) in [5.74, 6) is 1.02. The highest BCUT2D eigenvalue weighted by Crippen LogP contribution is 2.26. The number of rotatable bonds is 6. The predicted octanol–water partition coefficient (Wildman–Crippen LogP) is 5.27. The molecule has 6 heteroatoms. The van der Waals surface area contributed by atoms with Gasteiger partial charge in [0, 0.05) is 16.1 Å². The van der Waals surface area contributed by atoms with Crippen LogP contribution in [0.4, 0.5) is 0 Å². The highest BCUT2D eigenvalue weighted by Gasteiger charge is 2.24. The van der Waals surface area contributed by atoms with E-state index in [4.69, 9.17) is 25.8 Å². The van der Waals surface area contributed by atoms with E-state index in [1.165, 1.54) is 0 Å². The number of cyclic esters (lactones) is 1. The zero-order chi connectivity index (χ0) is 20.9. The number of hydrogen-bond acceptors (Lipinski definition) is 5. The molecule has 4 rings (SSSR count). The lowest BCUT2D eigenvalue weighted by molar-refractivity contribution is -0.129. The lowest BCUT2D eigenvalue weighted by atomic mass is 10.1. The molecular weight excluding hydrogens is 402 g/mol. The van der Waals surface area contributed by atoms with Gasteiger partial charge in [-0.3, -0.25) is 0 Å². The fourth-order valence-electron chi connectivity index (χ4n) is 2.91. The minimum Gasteiger partial charge on any atom is -0.497 e. The summed E-state index contributed by atoms with van der Waals surface area (Å²) in [4.78, 5) is 16.7. The van der Waals surface area contributed by atoms with Crippen molar-refractivity contribution in [3.05, 3.63) is 100 Å². The fraction of sp³-hybridized carbons (Fsp3) is 0.0833. The van der Waals surface area contributed by atoms with Crippen molar-refractivity contribution >= 4 is 29.5 Å². The molecular formula is C24H18ClNO4. The molecule has 0 bridgehead atoms. The van der Waals surface area contributed by atoms with Gasteiger partial charge in [0.15, 0.2) is 5.70 Å². The first-order chi connectivity index (χ1) is 14.6. The smallest absolute Gasteiger partial charge is 0.363 e. The number of ether oxygens (including phenoxy) is 3. The van der Waals surface area contributed by atoms with Crippen molar-refractivity contribution in [2.75, 3.05) is 7.11 Å². The maximum Gasteiger partial charge on any atom is 0.363 e. The third-order valence-corrected chi connectivity index (χ3v) is 4.71. The van der Waals surface area contributed by atoms with Gasteiger partial charge in [0.1, 0.15) is 18.1 Å². The Bertz CT molecular complexity index is 1140. The summed E-state index contributed by atoms with van der Waals surface area (Å²) in [7, 11) is 1.58. The van der Waals surface area contributed by atoms with Crippen LogP contribution in [-0.4, -0.2) is 19.0 Å². The van der Waals surface area contributed by atoms with E-state index in [2.05, 4.69) is 4.99 Å². The van der Waals surface area contributed by atoms with Crippen LogP contribution in [0.1, 0.15) is 16.7 Å². The van der Waals surface area contributed by atoms with Crippen LogP contribution in [0.3, 0.4) is 0 Å². The number of hydrogen-bond donors (Lipinski definition) is 0. The molecule has 1 heterocycles. The Labute approximate surface area is 179 Å². The normalized spacial score (nSPS) is 14.4. The summed E-state index contributed by atoms with van der Waals surface area (Å²) in [6.07, 6.45) is 1.66. The van der Waals surface area contributed by atoms with Gasteiger partial charge in [-0.25, -0.2) is 9.79 Å². The van der Waals surface area contributed by atoms with Crippen LogP contribution in [0.25, 0.3) is 6.08 Å². The van der Waals surface area contributed by atoms with Crippen molar-refractivity contribution < 1.29 is 19.0 Å². The van der Waals surface area contributed by atoms with Crippen LogP contribution in [0.15, 0.2) is 83.5 Å². The number of para-hydroxylation sites is 1. The van der Waals surface area contributed by atoms with E-state index in [9.17, 15) is 4.79 Å². The molecule has 1 aliphatic rings. The number of esters is 1. The molecule has 3 aromatic carbocycles. The van der Waals surface area contributed by atoms with Gasteiger partial charge >= 0.3 is 5.97 Å². The SMILES string of the molecule is COc1cccc(C2=NC(=Cc3ccccc3OCc3ccc(Cl)cc3)C(=O)O2)c1. The van der Waals surface area contributed by atoms with Gasteiger partial charge in [-0.05, 0) is 48.0 Å². The largest absolute Gasteiger partial charge is 0.497 e. The second kappa shape index (κ2) is 8.84. The van der Waals surface area contributed by atoms with Crippen LogP contribution in [-0.2, 0) is 16.1 Å². The number of halogens is 1. The number of carbonyl (C=O) groups is 1. The van der Waals surface area contributed by atoms with Crippen LogP contribution in [0, 0.1) is 0 Å². The average Bonchev–Trinajstić information content (AvgIpc) is 3.14. The summed E-state index contributed by atoms with van der Waals surface area (Å²) in [6.45, 7) is 0.375. The predicted molar refractivity (Wildman–Crippen MR) is 116 cm³/mol. The number of benzene rings is 3. The quantitative estimate of drug-likeness (QED) is 0.403. The van der Waals surface area contributed by atoms with Crippen molar-refractivity contribution in [2.24, 2.45) is 4.99 Å². The molecule has 5 nitrogen and oxygen atoms in total. The van der Waals surface area contributed by atoms with Crippen LogP contribution in [0.5, 0.6) is 11.5 Å². The van der Waals surface area contributed by atoms with E-state index in [1.54, 1.807) is 25.3 Å². The molecule has 0 radical (unpaired) electrons. The molecule has 150 valence electrons. The first-order valence-electron chi connectivity index (χ1n) is 9.25. The third kappa shape index (κ3) is 4.53. The van der Waals surface area contributed by atoms with Crippen molar-refractivity contribution in [3.8, 4) is 11.5 Å². The molecule has 0 spiro atoms. The maximum atomic E-state index is 12.3. The molecule has 30 heavy (non-hydrogen) atoms. The molecule has 0 N–H and O–H groups in total. The Hall–Kier alpha value is -3.57. The van der Waals surface area contributed by atoms with Crippen LogP contribution in [0.2, 0.25) is 5.02 Å². The monoisotopic (exact) mass is 419 g/mol. The highest BCUT2D eigenvalue weighted by molar-refractivity contribution is 6.30. The zero-order valence-corrected chi connectivity index (χ0v) is 16.9. The summed E-state index contributed by atoms with van der Waals surface area (Å²) >= 11 is 5.92. The maximum absolute atomic E-state index is 12.3. The van der Waals surface area contributed by atoms with Crippen molar-refractivity contribution in [1.29, 1.82) is 0 Å². The molecule has 1 aliphatic heterocycles. The van der Waals surface area contributed by atoms with Crippen LogP contribution < -0.4 is 9.47 Å². The number of aliphatic imine (C=N–C) groups is 1. The molecule has 0 saturated heterocycles. The number of carbonyl (C=O) groups excluding carboxylic acids is 1. The standard InChI is InChI=1S/C24H18ClNO4/c1-28-20-7-4-6-18(13-20)23-26-21(24(27)30-23)14-17-5-2-3-8-22(17)29-15-16-9-11-19(25)12-10-16/h2-14H,15H2,1H3. The van der Waals surface area contributed by atoms with Gasteiger partial charge < -0.3 is 14.2 Å². The lowest BCUT2D eigenvalue weighted by Gasteiger charge is -2.09. The van der Waals surface area contributed by atoms with E-state index in [0.717, 1.165) is 11.1 Å². The summed E-state index contributed by atoms with van der Waals surface area (Å²) in [6, 6.07) is 22.1. The molecule has 0 fully saturated rings. The van der Waals surface area contributed by atoms with E-state index >= 15 is 0 Å². The fourth-order valence-corrected chi connectivity index (χ4v) is 3.03. The molecule has 3 aromatic rings. The van der Waals surface area contributed by atoms with Gasteiger partial charge in [0.05, 0.1) is 7.11 Å². The zero-order valence-electron chi connectivity index (χ0n) is 16.2. The minimum absolute atomic E-state index is 0.204. The Kier molecular flexibility index (Phi) is 5.82. The molecule has 0 unspecified atom stereocenters. The topological polar surface area (TPSA) is 57.1 Å². The van der Waals surface area contributed by atoms with E-state index in [0.29, 0.717) is 28.7 Å². The molecule has 0 aliphatic carbocycles. The molecule has 0 amide bonds. The number of methoxy groups -OCH3 is 1. The Morgan fingerprint density at radius 2 is 1.83 bits per heavy atom. The summed E-state index contributed by atoms with van der Waals surface area (Å²) in [5.41, 5.74) is 2.59. The minimum atomic E-state index is -0.514. The Balaban J connectivity index is 1.57. The third-order valence-electron chi connectivity index (χ3n) is 4.46. The lowest BCUT2D eigenvalue weighted by Crippen LogP contribution is -2.05. The van der Waals surface area contributed by atoms with Crippen LogP contribution >= 0.6 is 11.6 Å². The summed E-state index contributed by atoms with van der Waals surface area (Å²) in [5, 5.41) is 0.674.